The molecule has 0 fully saturated rings. The summed E-state index contributed by atoms with van der Waals surface area (Å²) in [4.78, 5) is 12.2. The number of anilines is 1. The van der Waals surface area contributed by atoms with Gasteiger partial charge in [-0.15, -0.1) is 10.2 Å². The van der Waals surface area contributed by atoms with Crippen LogP contribution < -0.4 is 10.1 Å². The smallest absolute Gasteiger partial charge is 0.264 e. The molecule has 0 saturated heterocycles. The highest BCUT2D eigenvalue weighted by atomic mass is 32.1. The lowest BCUT2D eigenvalue weighted by Crippen LogP contribution is -2.20. The maximum atomic E-state index is 12.2. The summed E-state index contributed by atoms with van der Waals surface area (Å²) >= 11 is 1.25. The van der Waals surface area contributed by atoms with Crippen molar-refractivity contribution in [3.63, 3.8) is 0 Å². The number of furan rings is 1. The second-order valence-electron chi connectivity index (χ2n) is 6.41. The number of hydrogen-bond acceptors (Lipinski definition) is 6. The molecular weight excluding hydrogens is 386 g/mol. The number of rotatable bonds is 5. The molecule has 1 amide bonds. The molecule has 2 heterocycles. The lowest BCUT2D eigenvalue weighted by Gasteiger charge is -2.06. The van der Waals surface area contributed by atoms with Crippen molar-refractivity contribution in [2.24, 2.45) is 0 Å². The number of aromatic nitrogens is 2. The summed E-state index contributed by atoms with van der Waals surface area (Å²) in [5.41, 5.74) is 0.784. The molecule has 0 bridgehead atoms. The van der Waals surface area contributed by atoms with Crippen molar-refractivity contribution in [1.29, 1.82) is 0 Å². The van der Waals surface area contributed by atoms with Crippen LogP contribution in [-0.2, 0) is 4.79 Å². The summed E-state index contributed by atoms with van der Waals surface area (Å²) in [6.07, 6.45) is 0. The van der Waals surface area contributed by atoms with E-state index in [4.69, 9.17) is 9.15 Å². The molecule has 0 spiro atoms. The van der Waals surface area contributed by atoms with Gasteiger partial charge < -0.3 is 9.15 Å². The van der Waals surface area contributed by atoms with Crippen LogP contribution in [0.1, 0.15) is 0 Å². The summed E-state index contributed by atoms with van der Waals surface area (Å²) in [5, 5.41) is 15.0. The fourth-order valence-corrected chi connectivity index (χ4v) is 3.73. The lowest BCUT2D eigenvalue weighted by atomic mass is 10.1. The van der Waals surface area contributed by atoms with Crippen molar-refractivity contribution in [3.8, 4) is 16.5 Å². The normalized spacial score (nSPS) is 11.0. The Hall–Kier alpha value is -3.71. The minimum absolute atomic E-state index is 0.113. The van der Waals surface area contributed by atoms with E-state index in [9.17, 15) is 4.79 Å². The molecule has 3 aromatic carbocycles. The van der Waals surface area contributed by atoms with E-state index >= 15 is 0 Å². The Balaban J connectivity index is 1.24. The summed E-state index contributed by atoms with van der Waals surface area (Å²) in [6.45, 7) is -0.113. The predicted molar refractivity (Wildman–Crippen MR) is 113 cm³/mol. The first-order chi connectivity index (χ1) is 14.2. The zero-order chi connectivity index (χ0) is 19.6. The highest BCUT2D eigenvalue weighted by Crippen LogP contribution is 2.31. The van der Waals surface area contributed by atoms with Gasteiger partial charge in [0.15, 0.2) is 17.4 Å². The number of nitrogens with one attached hydrogen (secondary N) is 1. The number of carbonyl (C=O) groups excluding carboxylic acids is 1. The Bertz CT molecular complexity index is 1290. The quantitative estimate of drug-likeness (QED) is 0.442. The maximum absolute atomic E-state index is 12.2. The molecule has 6 nitrogen and oxygen atoms in total. The summed E-state index contributed by atoms with van der Waals surface area (Å²) in [5.74, 6) is 0.959. The first kappa shape index (κ1) is 17.4. The second kappa shape index (κ2) is 7.37. The average Bonchev–Trinajstić information content (AvgIpc) is 3.39. The number of amides is 1. The van der Waals surface area contributed by atoms with Crippen molar-refractivity contribution in [1.82, 2.24) is 10.2 Å². The Morgan fingerprint density at radius 3 is 2.59 bits per heavy atom. The molecule has 7 heteroatoms. The summed E-state index contributed by atoms with van der Waals surface area (Å²) in [7, 11) is 0. The highest BCUT2D eigenvalue weighted by Gasteiger charge is 2.14. The number of benzene rings is 3. The van der Waals surface area contributed by atoms with Crippen LogP contribution in [0.25, 0.3) is 32.5 Å². The van der Waals surface area contributed by atoms with E-state index in [0.717, 1.165) is 21.7 Å². The van der Waals surface area contributed by atoms with Crippen LogP contribution in [0.3, 0.4) is 0 Å². The third-order valence-corrected chi connectivity index (χ3v) is 5.25. The van der Waals surface area contributed by atoms with Gasteiger partial charge in [0, 0.05) is 5.39 Å². The number of carbonyl (C=O) groups is 1. The molecule has 29 heavy (non-hydrogen) atoms. The van der Waals surface area contributed by atoms with Gasteiger partial charge >= 0.3 is 0 Å². The van der Waals surface area contributed by atoms with Crippen LogP contribution in [0, 0.1) is 0 Å². The maximum Gasteiger partial charge on any atom is 0.264 e. The van der Waals surface area contributed by atoms with E-state index in [0.29, 0.717) is 21.6 Å². The molecule has 2 aromatic heterocycles. The van der Waals surface area contributed by atoms with E-state index < -0.39 is 0 Å². The van der Waals surface area contributed by atoms with Gasteiger partial charge in [0.05, 0.1) is 0 Å². The molecule has 1 N–H and O–H groups in total. The van der Waals surface area contributed by atoms with E-state index in [2.05, 4.69) is 15.5 Å². The SMILES string of the molecule is O=C(COc1ccc2ccccc2c1)Nc1nnc(-c2cc3ccccc3o2)s1. The van der Waals surface area contributed by atoms with Crippen LogP contribution in [0.15, 0.2) is 77.2 Å². The van der Waals surface area contributed by atoms with E-state index in [1.807, 2.05) is 72.8 Å². The molecule has 0 atom stereocenters. The van der Waals surface area contributed by atoms with Gasteiger partial charge in [-0.2, -0.15) is 0 Å². The predicted octanol–water partition coefficient (Wildman–Crippen LogP) is 5.12. The molecule has 0 aliphatic rings. The fourth-order valence-electron chi connectivity index (χ4n) is 3.02. The Labute approximate surface area is 169 Å². The van der Waals surface area contributed by atoms with Crippen LogP contribution in [-0.4, -0.2) is 22.7 Å². The minimum atomic E-state index is -0.300. The van der Waals surface area contributed by atoms with Gasteiger partial charge in [0.1, 0.15) is 11.3 Å². The number of hydrogen-bond donors (Lipinski definition) is 1. The average molecular weight is 401 g/mol. The number of nitrogens with zero attached hydrogens (tertiary/aromatic N) is 2. The fraction of sp³-hybridized carbons (Fsp3) is 0.0455. The van der Waals surface area contributed by atoms with Crippen LogP contribution in [0.4, 0.5) is 5.13 Å². The largest absolute Gasteiger partial charge is 0.484 e. The minimum Gasteiger partial charge on any atom is -0.484 e. The van der Waals surface area contributed by atoms with E-state index in [1.54, 1.807) is 0 Å². The zero-order valence-electron chi connectivity index (χ0n) is 15.2. The topological polar surface area (TPSA) is 77.2 Å². The molecule has 0 aliphatic carbocycles. The van der Waals surface area contributed by atoms with Gasteiger partial charge in [-0.1, -0.05) is 59.9 Å². The van der Waals surface area contributed by atoms with Crippen molar-refractivity contribution in [3.05, 3.63) is 72.8 Å². The zero-order valence-corrected chi connectivity index (χ0v) is 16.0. The Morgan fingerprint density at radius 2 is 1.72 bits per heavy atom. The van der Waals surface area contributed by atoms with Gasteiger partial charge in [-0.3, -0.25) is 10.1 Å². The number of fused-ring (bicyclic) bond motifs is 2. The van der Waals surface area contributed by atoms with Gasteiger partial charge in [0.2, 0.25) is 5.13 Å². The molecule has 0 radical (unpaired) electrons. The van der Waals surface area contributed by atoms with Gasteiger partial charge in [-0.05, 0) is 35.0 Å². The molecule has 0 aliphatic heterocycles. The van der Waals surface area contributed by atoms with E-state index in [1.165, 1.54) is 11.3 Å². The Kier molecular flexibility index (Phi) is 4.42. The highest BCUT2D eigenvalue weighted by molar-refractivity contribution is 7.18. The molecular formula is C22H15N3O3S. The third-order valence-electron chi connectivity index (χ3n) is 4.40. The molecule has 0 unspecified atom stereocenters. The van der Waals surface area contributed by atoms with Crippen molar-refractivity contribution < 1.29 is 13.9 Å². The standard InChI is InChI=1S/C22H15N3O3S/c26-20(13-27-17-10-9-14-5-1-2-6-15(14)11-17)23-22-25-24-21(29-22)19-12-16-7-3-4-8-18(16)28-19/h1-12H,13H2,(H,23,25,26). The molecule has 5 aromatic rings. The van der Waals surface area contributed by atoms with Crippen LogP contribution >= 0.6 is 11.3 Å². The molecule has 142 valence electrons. The van der Waals surface area contributed by atoms with Gasteiger partial charge in [0.25, 0.3) is 5.91 Å². The van der Waals surface area contributed by atoms with Crippen LogP contribution in [0.5, 0.6) is 5.75 Å². The molecule has 0 saturated carbocycles. The van der Waals surface area contributed by atoms with E-state index in [-0.39, 0.29) is 12.5 Å². The number of para-hydroxylation sites is 1. The summed E-state index contributed by atoms with van der Waals surface area (Å²) < 4.78 is 11.4. The first-order valence-electron chi connectivity index (χ1n) is 8.98. The lowest BCUT2D eigenvalue weighted by molar-refractivity contribution is -0.118. The monoisotopic (exact) mass is 401 g/mol. The molecule has 5 rings (SSSR count). The van der Waals surface area contributed by atoms with Crippen molar-refractivity contribution in [2.75, 3.05) is 11.9 Å². The van der Waals surface area contributed by atoms with Crippen LogP contribution in [0.2, 0.25) is 0 Å². The first-order valence-corrected chi connectivity index (χ1v) is 9.80. The van der Waals surface area contributed by atoms with Gasteiger partial charge in [-0.25, -0.2) is 0 Å². The summed E-state index contributed by atoms with van der Waals surface area (Å²) in [6, 6.07) is 23.3. The number of ether oxygens (including phenoxy) is 1. The van der Waals surface area contributed by atoms with Crippen molar-refractivity contribution >= 4 is 44.1 Å². The van der Waals surface area contributed by atoms with Crippen molar-refractivity contribution in [2.45, 2.75) is 0 Å². The Morgan fingerprint density at radius 1 is 0.931 bits per heavy atom. The second-order valence-corrected chi connectivity index (χ2v) is 7.38. The third kappa shape index (κ3) is 3.68.